The normalized spacial score (nSPS) is 24.5. The van der Waals surface area contributed by atoms with Crippen LogP contribution in [0.25, 0.3) is 0 Å². The van der Waals surface area contributed by atoms with E-state index in [1.165, 1.54) is 0 Å². The van der Waals surface area contributed by atoms with Crippen molar-refractivity contribution in [2.45, 2.75) is 12.3 Å². The van der Waals surface area contributed by atoms with Crippen LogP contribution in [-0.2, 0) is 27.9 Å². The van der Waals surface area contributed by atoms with Crippen LogP contribution >= 0.6 is 7.82 Å². The minimum Gasteiger partial charge on any atom is -0.363 e. The fourth-order valence-corrected chi connectivity index (χ4v) is 2.00. The Morgan fingerprint density at radius 3 is 2.77 bits per heavy atom. The molecule has 1 aliphatic rings. The molecule has 0 radical (unpaired) electrons. The van der Waals surface area contributed by atoms with E-state index in [4.69, 9.17) is 15.4 Å². The number of ketones is 2. The summed E-state index contributed by atoms with van der Waals surface area (Å²) in [4.78, 5) is 47.0. The molecular formula is C9H11N4O8P. The number of amides is 1. The van der Waals surface area contributed by atoms with E-state index >= 15 is 0 Å². The van der Waals surface area contributed by atoms with E-state index in [0.717, 1.165) is 18.1 Å². The first-order valence-electron chi connectivity index (χ1n) is 5.72. The van der Waals surface area contributed by atoms with Crippen molar-refractivity contribution in [3.63, 3.8) is 0 Å². The summed E-state index contributed by atoms with van der Waals surface area (Å²) in [5.74, 6) is -3.23. The van der Waals surface area contributed by atoms with E-state index in [1.807, 2.05) is 0 Å². The molecule has 0 aromatic carbocycles. The monoisotopic (exact) mass is 334 g/mol. The summed E-state index contributed by atoms with van der Waals surface area (Å²) < 4.78 is 25.7. The van der Waals surface area contributed by atoms with Gasteiger partial charge in [-0.15, -0.1) is 5.10 Å². The molecule has 1 aliphatic heterocycles. The third-order valence-electron chi connectivity index (χ3n) is 2.64. The Hall–Kier alpha value is -1.98. The molecule has 22 heavy (non-hydrogen) atoms. The smallest absolute Gasteiger partial charge is 0.363 e. The van der Waals surface area contributed by atoms with Crippen LogP contribution in [0.4, 0.5) is 0 Å². The van der Waals surface area contributed by atoms with Crippen LogP contribution in [0.2, 0.25) is 0 Å². The molecule has 0 bridgehead atoms. The van der Waals surface area contributed by atoms with Crippen molar-refractivity contribution in [1.29, 1.82) is 0 Å². The highest BCUT2D eigenvalue weighted by Gasteiger charge is 2.45. The lowest BCUT2D eigenvalue weighted by molar-refractivity contribution is -0.136. The minimum absolute atomic E-state index is 0.359. The van der Waals surface area contributed by atoms with Gasteiger partial charge in [-0.25, -0.2) is 14.2 Å². The first-order valence-corrected chi connectivity index (χ1v) is 7.22. The van der Waals surface area contributed by atoms with Crippen molar-refractivity contribution in [3.8, 4) is 0 Å². The molecule has 0 saturated carbocycles. The second-order valence-corrected chi connectivity index (χ2v) is 5.63. The van der Waals surface area contributed by atoms with Crippen LogP contribution in [-0.4, -0.2) is 57.0 Å². The van der Waals surface area contributed by atoms with Crippen LogP contribution in [0.15, 0.2) is 6.33 Å². The maximum atomic E-state index is 11.8. The van der Waals surface area contributed by atoms with Gasteiger partial charge in [-0.3, -0.25) is 23.4 Å². The number of phosphoric ester groups is 1. The standard InChI is InChI=1S/C9H11N4O8P/c1-19-22(17,18)20-2-4-5(14)6(15)9(21-4)13-3-11-8(12-13)7(10)16/h3-4,9H,2H2,1H3,(H2,10,16)(H,17,18)/t4-,9-/m1/s1. The van der Waals surface area contributed by atoms with Crippen LogP contribution in [0.1, 0.15) is 16.8 Å². The average Bonchev–Trinajstić information content (AvgIpc) is 3.05. The number of hydrogen-bond donors (Lipinski definition) is 2. The Morgan fingerprint density at radius 1 is 1.55 bits per heavy atom. The predicted molar refractivity (Wildman–Crippen MR) is 65.3 cm³/mol. The number of primary amides is 1. The number of rotatable bonds is 6. The Kier molecular flexibility index (Phi) is 4.49. The van der Waals surface area contributed by atoms with Gasteiger partial charge in [-0.2, -0.15) is 0 Å². The van der Waals surface area contributed by atoms with Crippen molar-refractivity contribution >= 4 is 25.3 Å². The summed E-state index contributed by atoms with van der Waals surface area (Å²) >= 11 is 0. The number of carbonyl (C=O) groups excluding carboxylic acids is 3. The van der Waals surface area contributed by atoms with Crippen molar-refractivity contribution < 1.29 is 37.6 Å². The van der Waals surface area contributed by atoms with Gasteiger partial charge in [-0.05, 0) is 0 Å². The Labute approximate surface area is 122 Å². The molecule has 12 nitrogen and oxygen atoms in total. The van der Waals surface area contributed by atoms with Gasteiger partial charge in [0.1, 0.15) is 6.33 Å². The maximum absolute atomic E-state index is 11.8. The maximum Gasteiger partial charge on any atom is 0.472 e. The van der Waals surface area contributed by atoms with Crippen molar-refractivity contribution in [1.82, 2.24) is 14.8 Å². The molecule has 1 fully saturated rings. The molecule has 2 rings (SSSR count). The van der Waals surface area contributed by atoms with Gasteiger partial charge in [0.2, 0.25) is 17.8 Å². The first kappa shape index (κ1) is 16.4. The second kappa shape index (κ2) is 6.02. The van der Waals surface area contributed by atoms with Gasteiger partial charge in [-0.1, -0.05) is 0 Å². The summed E-state index contributed by atoms with van der Waals surface area (Å²) in [6, 6.07) is 0. The number of Topliss-reactive ketones (excluding diaryl/α,β-unsaturated/α-hetero) is 2. The summed E-state index contributed by atoms with van der Waals surface area (Å²) in [6.07, 6.45) is -1.87. The number of hydrogen-bond acceptors (Lipinski definition) is 9. The van der Waals surface area contributed by atoms with E-state index in [9.17, 15) is 18.9 Å². The molecule has 1 saturated heterocycles. The number of carbonyl (C=O) groups is 3. The number of ether oxygens (including phenoxy) is 1. The van der Waals surface area contributed by atoms with E-state index in [1.54, 1.807) is 0 Å². The lowest BCUT2D eigenvalue weighted by Gasteiger charge is -2.13. The lowest BCUT2D eigenvalue weighted by atomic mass is 10.2. The third-order valence-corrected chi connectivity index (χ3v) is 3.58. The summed E-state index contributed by atoms with van der Waals surface area (Å²) in [6.45, 7) is -0.667. The molecule has 2 heterocycles. The lowest BCUT2D eigenvalue weighted by Crippen LogP contribution is -2.25. The van der Waals surface area contributed by atoms with E-state index in [0.29, 0.717) is 0 Å². The molecule has 3 atom stereocenters. The van der Waals surface area contributed by atoms with Crippen molar-refractivity contribution in [2.75, 3.05) is 13.7 Å². The quantitative estimate of drug-likeness (QED) is 0.445. The molecule has 1 aromatic rings. The first-order chi connectivity index (χ1) is 10.2. The van der Waals surface area contributed by atoms with Crippen LogP contribution < -0.4 is 5.73 Å². The SMILES string of the molecule is COP(=O)(O)OC[C@H]1O[C@@H](n2cnc(C(N)=O)n2)C(=O)C1=O. The van der Waals surface area contributed by atoms with E-state index in [2.05, 4.69) is 19.1 Å². The van der Waals surface area contributed by atoms with Crippen LogP contribution in [0.3, 0.4) is 0 Å². The number of phosphoric acid groups is 1. The van der Waals surface area contributed by atoms with Gasteiger partial charge >= 0.3 is 7.82 Å². The number of nitrogens with two attached hydrogens (primary N) is 1. The zero-order valence-electron chi connectivity index (χ0n) is 11.1. The highest BCUT2D eigenvalue weighted by Crippen LogP contribution is 2.42. The van der Waals surface area contributed by atoms with Gasteiger partial charge in [0, 0.05) is 7.11 Å². The van der Waals surface area contributed by atoms with E-state index in [-0.39, 0.29) is 5.82 Å². The molecular weight excluding hydrogens is 323 g/mol. The summed E-state index contributed by atoms with van der Waals surface area (Å²) in [7, 11) is -3.37. The van der Waals surface area contributed by atoms with Crippen LogP contribution in [0.5, 0.6) is 0 Å². The fourth-order valence-electron chi connectivity index (χ4n) is 1.57. The Balaban J connectivity index is 2.09. The topological polar surface area (TPSA) is 173 Å². The van der Waals surface area contributed by atoms with Crippen molar-refractivity contribution in [2.24, 2.45) is 5.73 Å². The van der Waals surface area contributed by atoms with Gasteiger partial charge in [0.05, 0.1) is 6.61 Å². The molecule has 1 aromatic heterocycles. The molecule has 3 N–H and O–H groups in total. The molecule has 0 aliphatic carbocycles. The Morgan fingerprint density at radius 2 is 2.23 bits per heavy atom. The average molecular weight is 334 g/mol. The zero-order valence-corrected chi connectivity index (χ0v) is 12.0. The third kappa shape index (κ3) is 3.26. The zero-order chi connectivity index (χ0) is 16.5. The molecule has 1 amide bonds. The van der Waals surface area contributed by atoms with Gasteiger partial charge in [0.25, 0.3) is 11.7 Å². The molecule has 13 heteroatoms. The largest absolute Gasteiger partial charge is 0.472 e. The molecule has 1 unspecified atom stereocenters. The number of aromatic nitrogens is 3. The highest BCUT2D eigenvalue weighted by molar-refractivity contribution is 7.47. The summed E-state index contributed by atoms with van der Waals surface area (Å²) in [5.41, 5.74) is 4.96. The predicted octanol–water partition coefficient (Wildman–Crippen LogP) is -1.82. The summed E-state index contributed by atoms with van der Waals surface area (Å²) in [5, 5.41) is 3.60. The Bertz CT molecular complexity index is 672. The molecule has 120 valence electrons. The van der Waals surface area contributed by atoms with Gasteiger partial charge in [0.15, 0.2) is 6.10 Å². The molecule has 0 spiro atoms. The van der Waals surface area contributed by atoms with Gasteiger partial charge < -0.3 is 15.4 Å². The van der Waals surface area contributed by atoms with Crippen LogP contribution in [0, 0.1) is 0 Å². The second-order valence-electron chi connectivity index (χ2n) is 4.06. The van der Waals surface area contributed by atoms with E-state index < -0.39 is 44.2 Å². The fraction of sp³-hybridized carbons (Fsp3) is 0.444. The minimum atomic E-state index is -4.31. The van der Waals surface area contributed by atoms with Crippen molar-refractivity contribution in [3.05, 3.63) is 12.2 Å². The highest BCUT2D eigenvalue weighted by atomic mass is 31.2. The number of nitrogens with zero attached hydrogens (tertiary/aromatic N) is 3.